The molecular weight excluding hydrogens is 398 g/mol. The number of hydrogen-bond donors (Lipinski definition) is 0. The Kier molecular flexibility index (Phi) is 5.40. The van der Waals surface area contributed by atoms with Crippen molar-refractivity contribution in [1.82, 2.24) is 14.8 Å². The van der Waals surface area contributed by atoms with Gasteiger partial charge in [-0.15, -0.1) is 23.1 Å². The van der Waals surface area contributed by atoms with Crippen LogP contribution < -0.4 is 0 Å². The van der Waals surface area contributed by atoms with Crippen LogP contribution >= 0.6 is 23.1 Å². The summed E-state index contributed by atoms with van der Waals surface area (Å²) in [5, 5.41) is 3.28. The van der Waals surface area contributed by atoms with Crippen molar-refractivity contribution in [3.63, 3.8) is 0 Å². The molecule has 1 fully saturated rings. The van der Waals surface area contributed by atoms with Gasteiger partial charge in [0.25, 0.3) is 0 Å². The topological polar surface area (TPSA) is 36.4 Å². The van der Waals surface area contributed by atoms with Gasteiger partial charge in [0, 0.05) is 48.6 Å². The second-order valence-electron chi connectivity index (χ2n) is 7.53. The van der Waals surface area contributed by atoms with E-state index in [1.165, 1.54) is 16.0 Å². The molecule has 0 aliphatic carbocycles. The lowest BCUT2D eigenvalue weighted by Gasteiger charge is -2.35. The Balaban J connectivity index is 1.14. The number of aromatic nitrogens is 1. The number of hydrogen-bond acceptors (Lipinski definition) is 5. The fraction of sp³-hybridized carbons (Fsp3) is 0.304. The standard InChI is InChI=1S/C23H23N3OS2/c27-23(21-14-18-8-4-5-9-20(18)29-21)26-12-10-25(11-13-26)15-19-16-28-22(24-19)17-6-2-1-3-7-17/h1-9,16,21H,10-15H2/t21-/m1/s1. The Hall–Kier alpha value is -2.15. The summed E-state index contributed by atoms with van der Waals surface area (Å²) in [7, 11) is 0. The molecule has 5 rings (SSSR count). The highest BCUT2D eigenvalue weighted by Crippen LogP contribution is 2.37. The normalized spacial score (nSPS) is 19.3. The predicted octanol–water partition coefficient (Wildman–Crippen LogP) is 4.17. The summed E-state index contributed by atoms with van der Waals surface area (Å²) >= 11 is 3.43. The molecule has 1 atom stereocenters. The number of nitrogens with zero attached hydrogens (tertiary/aromatic N) is 3. The van der Waals surface area contributed by atoms with Gasteiger partial charge in [0.1, 0.15) is 5.01 Å². The van der Waals surface area contributed by atoms with Crippen LogP contribution in [0.1, 0.15) is 11.3 Å². The van der Waals surface area contributed by atoms with E-state index in [1.807, 2.05) is 18.2 Å². The average Bonchev–Trinajstić information content (AvgIpc) is 3.41. The number of carbonyl (C=O) groups excluding carboxylic acids is 1. The molecule has 148 valence electrons. The fourth-order valence-electron chi connectivity index (χ4n) is 3.97. The predicted molar refractivity (Wildman–Crippen MR) is 119 cm³/mol. The number of rotatable bonds is 4. The van der Waals surface area contributed by atoms with Gasteiger partial charge < -0.3 is 4.90 Å². The molecule has 4 nitrogen and oxygen atoms in total. The number of amides is 1. The van der Waals surface area contributed by atoms with Crippen LogP contribution in [-0.4, -0.2) is 52.1 Å². The second kappa shape index (κ2) is 8.30. The summed E-state index contributed by atoms with van der Waals surface area (Å²) in [4.78, 5) is 23.5. The lowest BCUT2D eigenvalue weighted by molar-refractivity contribution is -0.132. The highest BCUT2D eigenvalue weighted by Gasteiger charge is 2.32. The summed E-state index contributed by atoms with van der Waals surface area (Å²) in [5.41, 5.74) is 3.61. The third-order valence-electron chi connectivity index (χ3n) is 5.56. The molecular formula is C23H23N3OS2. The van der Waals surface area contributed by atoms with Crippen molar-refractivity contribution in [3.05, 3.63) is 71.2 Å². The van der Waals surface area contributed by atoms with Gasteiger partial charge in [-0.2, -0.15) is 0 Å². The van der Waals surface area contributed by atoms with Crippen LogP contribution in [0.3, 0.4) is 0 Å². The van der Waals surface area contributed by atoms with E-state index in [2.05, 4.69) is 51.6 Å². The van der Waals surface area contributed by atoms with Crippen molar-refractivity contribution in [3.8, 4) is 10.6 Å². The van der Waals surface area contributed by atoms with Crippen molar-refractivity contribution in [1.29, 1.82) is 0 Å². The van der Waals surface area contributed by atoms with Gasteiger partial charge in [-0.1, -0.05) is 48.5 Å². The molecule has 3 aromatic rings. The Labute approximate surface area is 179 Å². The monoisotopic (exact) mass is 421 g/mol. The quantitative estimate of drug-likeness (QED) is 0.634. The van der Waals surface area contributed by atoms with E-state index in [0.717, 1.165) is 49.8 Å². The van der Waals surface area contributed by atoms with E-state index in [-0.39, 0.29) is 5.25 Å². The van der Waals surface area contributed by atoms with Gasteiger partial charge in [-0.3, -0.25) is 9.69 Å². The van der Waals surface area contributed by atoms with E-state index in [0.29, 0.717) is 5.91 Å². The number of thioether (sulfide) groups is 1. The van der Waals surface area contributed by atoms with Crippen molar-refractivity contribution in [2.45, 2.75) is 23.1 Å². The lowest BCUT2D eigenvalue weighted by Crippen LogP contribution is -2.50. The molecule has 1 saturated heterocycles. The number of piperazine rings is 1. The molecule has 2 aliphatic heterocycles. The van der Waals surface area contributed by atoms with E-state index in [9.17, 15) is 4.79 Å². The zero-order valence-corrected chi connectivity index (χ0v) is 17.8. The summed E-state index contributed by atoms with van der Waals surface area (Å²) in [5.74, 6) is 0.297. The first-order valence-electron chi connectivity index (χ1n) is 10.0. The van der Waals surface area contributed by atoms with Crippen LogP contribution in [0.4, 0.5) is 0 Å². The average molecular weight is 422 g/mol. The highest BCUT2D eigenvalue weighted by atomic mass is 32.2. The third kappa shape index (κ3) is 4.10. The maximum absolute atomic E-state index is 13.0. The molecule has 0 N–H and O–H groups in total. The molecule has 0 unspecified atom stereocenters. The minimum absolute atomic E-state index is 0.0471. The summed E-state index contributed by atoms with van der Waals surface area (Å²) in [6.07, 6.45) is 0.862. The van der Waals surface area contributed by atoms with E-state index < -0.39 is 0 Å². The molecule has 3 heterocycles. The summed E-state index contributed by atoms with van der Waals surface area (Å²) in [6, 6.07) is 18.7. The van der Waals surface area contributed by atoms with Crippen LogP contribution in [0.25, 0.3) is 10.6 Å². The molecule has 0 radical (unpaired) electrons. The Morgan fingerprint density at radius 1 is 1.00 bits per heavy atom. The van der Waals surface area contributed by atoms with Crippen LogP contribution in [0.2, 0.25) is 0 Å². The first-order chi connectivity index (χ1) is 14.3. The third-order valence-corrected chi connectivity index (χ3v) is 7.81. The number of benzene rings is 2. The molecule has 1 aromatic heterocycles. The van der Waals surface area contributed by atoms with Crippen LogP contribution in [0.15, 0.2) is 64.9 Å². The first-order valence-corrected chi connectivity index (χ1v) is 11.8. The molecule has 2 aliphatic rings. The summed E-state index contributed by atoms with van der Waals surface area (Å²) < 4.78 is 0. The Bertz CT molecular complexity index is 971. The minimum atomic E-state index is 0.0471. The van der Waals surface area contributed by atoms with Gasteiger partial charge in [0.05, 0.1) is 10.9 Å². The molecule has 0 saturated carbocycles. The molecule has 1 amide bonds. The minimum Gasteiger partial charge on any atom is -0.339 e. The number of fused-ring (bicyclic) bond motifs is 1. The van der Waals surface area contributed by atoms with Crippen molar-refractivity contribution >= 4 is 29.0 Å². The van der Waals surface area contributed by atoms with Crippen molar-refractivity contribution in [2.24, 2.45) is 0 Å². The van der Waals surface area contributed by atoms with E-state index >= 15 is 0 Å². The van der Waals surface area contributed by atoms with E-state index in [4.69, 9.17) is 4.98 Å². The van der Waals surface area contributed by atoms with Gasteiger partial charge in [0.2, 0.25) is 5.91 Å². The zero-order valence-electron chi connectivity index (χ0n) is 16.2. The molecule has 0 bridgehead atoms. The van der Waals surface area contributed by atoms with Crippen LogP contribution in [0, 0.1) is 0 Å². The number of carbonyl (C=O) groups is 1. The van der Waals surface area contributed by atoms with Gasteiger partial charge in [0.15, 0.2) is 0 Å². The molecule has 0 spiro atoms. The van der Waals surface area contributed by atoms with Crippen molar-refractivity contribution < 1.29 is 4.79 Å². The highest BCUT2D eigenvalue weighted by molar-refractivity contribution is 8.01. The van der Waals surface area contributed by atoms with Crippen molar-refractivity contribution in [2.75, 3.05) is 26.2 Å². The smallest absolute Gasteiger partial charge is 0.236 e. The molecule has 29 heavy (non-hydrogen) atoms. The lowest BCUT2D eigenvalue weighted by atomic mass is 10.1. The first kappa shape index (κ1) is 18.9. The zero-order chi connectivity index (χ0) is 19.6. The van der Waals surface area contributed by atoms with Gasteiger partial charge >= 0.3 is 0 Å². The second-order valence-corrected chi connectivity index (χ2v) is 9.63. The SMILES string of the molecule is O=C([C@H]1Cc2ccccc2S1)N1CCN(Cc2csc(-c3ccccc3)n2)CC1. The maximum atomic E-state index is 13.0. The number of thiazole rings is 1. The summed E-state index contributed by atoms with van der Waals surface area (Å²) in [6.45, 7) is 4.29. The van der Waals surface area contributed by atoms with Gasteiger partial charge in [-0.25, -0.2) is 4.98 Å². The fourth-order valence-corrected chi connectivity index (χ4v) is 6.07. The maximum Gasteiger partial charge on any atom is 0.236 e. The molecule has 2 aromatic carbocycles. The van der Waals surface area contributed by atoms with Crippen LogP contribution in [-0.2, 0) is 17.8 Å². The van der Waals surface area contributed by atoms with Gasteiger partial charge in [-0.05, 0) is 18.1 Å². The molecule has 6 heteroatoms. The van der Waals surface area contributed by atoms with Crippen LogP contribution in [0.5, 0.6) is 0 Å². The largest absolute Gasteiger partial charge is 0.339 e. The van der Waals surface area contributed by atoms with E-state index in [1.54, 1.807) is 23.1 Å². The Morgan fingerprint density at radius 3 is 2.55 bits per heavy atom. The Morgan fingerprint density at radius 2 is 1.76 bits per heavy atom.